The summed E-state index contributed by atoms with van der Waals surface area (Å²) in [5, 5.41) is 4.51. The first kappa shape index (κ1) is 109. The van der Waals surface area contributed by atoms with Crippen LogP contribution in [0.5, 0.6) is 0 Å². The molecule has 3 radical (unpaired) electrons. The monoisotopic (exact) mass is 2420 g/mol. The number of aryl methyl sites for hydroxylation is 2. The minimum Gasteiger partial charge on any atom is -0.305 e. The van der Waals surface area contributed by atoms with E-state index in [1.165, 1.54) is 129 Å². The van der Waals surface area contributed by atoms with Crippen LogP contribution in [-0.2, 0) is 66.7 Å². The third-order valence-corrected chi connectivity index (χ3v) is 32.0. The molecule has 6 heterocycles. The standard InChI is InChI=1S/C25H20N.C23H16N.C22H20N.C20H28NSi.C19H24NSi.C19H26NSi.3Ir/c1-18-14-19(2)16-24(15-18)23-12-13-25(26-17-23)22-10-8-21(9-11-22)20-6-4-3-5-7-20;1-3-8-18(9-4-1)20-12-7-13-21(16-20)23-15-14-22(17-24-23)19-10-5-2-6-11-19;1-2-7-18(8-3-1)21-13-14-22(23-16-21)20-12-6-11-19(15-20)17-9-4-5-10-17;1-15(20(2,3)4)17-13-18(16-11-9-8-10-12-16)21-14-19(17)22(5,6)7;1-21(2,3)19-14-20-18(16-11-5-4-6-12-16)13-17(19)15-9-7-8-10-15;1-19(2,3)13-16-12-17(15-10-8-7-9-11-15)20-14-18(16)21(4,5)6;;;/h3-10,12-17H,1-2H3;1-12,14-17H;1-3,6-8,11,13-17H,4-5,9-10H2;8-11,13-15H,1-7H3;4-6,11,13-15H,7-10H2,1-3H3;7-10,12,14H,13H2,1-6H3;;;/q6*-1;;;. The predicted molar refractivity (Wildman–Crippen MR) is 590 cm³/mol. The first-order chi connectivity index (χ1) is 65.8. The SMILES string of the molecule is CC(C)(C)Cc1cc(-c2[c-]cccc2)ncc1[Si](C)(C)C.CC(c1cc(-c2[c-]cccc2)ncc1[Si](C)(C)C)C(C)(C)C.C[Si](C)(C)c1cnc(-c2[c-]cccc2)cc1C1CCCC1.Cc1cc(C)cc(-c2ccc(-c3[c-]cc(-c4ccccc4)cc3)nc2)c1.[Ir].[Ir].[Ir].[c-]1ccc(-c2ccccc2)cc1-c1ccc(-c2ccccc2)cn1.[c-]1ccc(C2CCCC2)cc1-c1ccc(-c2ccccc2)cn1. The summed E-state index contributed by atoms with van der Waals surface area (Å²) in [5.74, 6) is 1.98. The Kier molecular flexibility index (Phi) is 39.9. The molecule has 0 N–H and O–H groups in total. The maximum absolute atomic E-state index is 4.75. The number of pyridine rings is 6. The topological polar surface area (TPSA) is 77.3 Å². The van der Waals surface area contributed by atoms with Crippen LogP contribution in [0.4, 0.5) is 0 Å². The van der Waals surface area contributed by atoms with Gasteiger partial charge in [-0.3, -0.25) is 0 Å². The molecule has 0 amide bonds. The average Bonchev–Trinajstić information content (AvgIpc) is 1.15. The maximum atomic E-state index is 4.75. The molecule has 6 aromatic heterocycles. The smallest absolute Gasteiger partial charge is 0.0799 e. The molecule has 0 spiro atoms. The van der Waals surface area contributed by atoms with Crippen LogP contribution >= 0.6 is 0 Å². The van der Waals surface area contributed by atoms with E-state index in [4.69, 9.17) is 15.0 Å². The van der Waals surface area contributed by atoms with Crippen molar-refractivity contribution in [3.8, 4) is 123 Å². The minimum atomic E-state index is -1.42. The van der Waals surface area contributed by atoms with Crippen LogP contribution < -0.4 is 15.6 Å². The first-order valence-corrected chi connectivity index (χ1v) is 59.5. The molecule has 2 aliphatic rings. The van der Waals surface area contributed by atoms with E-state index >= 15 is 0 Å². The molecule has 6 nitrogen and oxygen atoms in total. The van der Waals surface area contributed by atoms with Gasteiger partial charge in [-0.05, 0) is 163 Å². The van der Waals surface area contributed by atoms with Gasteiger partial charge in [0, 0.05) is 97.5 Å². The molecule has 140 heavy (non-hydrogen) atoms. The summed E-state index contributed by atoms with van der Waals surface area (Å²) in [6.45, 7) is 42.1. The molecule has 721 valence electrons. The predicted octanol–water partition coefficient (Wildman–Crippen LogP) is 32.9. The van der Waals surface area contributed by atoms with Crippen molar-refractivity contribution in [2.24, 2.45) is 10.8 Å². The van der Waals surface area contributed by atoms with Gasteiger partial charge in [-0.25, -0.2) is 0 Å². The van der Waals surface area contributed by atoms with Gasteiger partial charge in [0.2, 0.25) is 0 Å². The molecule has 0 aliphatic heterocycles. The van der Waals surface area contributed by atoms with Crippen molar-refractivity contribution < 1.29 is 60.3 Å². The summed E-state index contributed by atoms with van der Waals surface area (Å²) < 4.78 is 0. The molecule has 2 fully saturated rings. The summed E-state index contributed by atoms with van der Waals surface area (Å²) in [6, 6.07) is 131. The second-order valence-corrected chi connectivity index (χ2v) is 57.2. The molecular formula is C128H134Ir3N6Si3-6. The molecule has 1 atom stereocenters. The summed E-state index contributed by atoms with van der Waals surface area (Å²) in [4.78, 5) is 28.2. The Labute approximate surface area is 881 Å². The number of hydrogen-bond donors (Lipinski definition) is 0. The molecule has 2 aliphatic carbocycles. The third-order valence-electron chi connectivity index (χ3n) is 25.9. The normalized spacial score (nSPS) is 12.8. The second kappa shape index (κ2) is 51.0. The Morgan fingerprint density at radius 2 is 0.657 bits per heavy atom. The molecule has 0 saturated heterocycles. The minimum absolute atomic E-state index is 0. The van der Waals surface area contributed by atoms with E-state index in [0.717, 1.165) is 102 Å². The summed E-state index contributed by atoms with van der Waals surface area (Å²) in [7, 11) is -4.13. The van der Waals surface area contributed by atoms with E-state index in [1.54, 1.807) is 10.8 Å². The Hall–Kier alpha value is -11.1. The van der Waals surface area contributed by atoms with Crippen LogP contribution in [0.1, 0.15) is 151 Å². The van der Waals surface area contributed by atoms with E-state index in [-0.39, 0.29) is 71.1 Å². The molecule has 17 aromatic rings. The van der Waals surface area contributed by atoms with Crippen molar-refractivity contribution in [2.45, 2.75) is 197 Å². The largest absolute Gasteiger partial charge is 0.305 e. The number of rotatable bonds is 18. The zero-order valence-corrected chi connectivity index (χ0v) is 95.0. The zero-order valence-electron chi connectivity index (χ0n) is 84.8. The van der Waals surface area contributed by atoms with Crippen molar-refractivity contribution in [3.63, 3.8) is 0 Å². The van der Waals surface area contributed by atoms with Gasteiger partial charge < -0.3 is 29.9 Å². The van der Waals surface area contributed by atoms with E-state index in [0.29, 0.717) is 5.92 Å². The molecule has 0 bridgehead atoms. The summed E-state index contributed by atoms with van der Waals surface area (Å²) in [6.07, 6.45) is 24.2. The van der Waals surface area contributed by atoms with Gasteiger partial charge >= 0.3 is 0 Å². The molecule has 12 heteroatoms. The fourth-order valence-corrected chi connectivity index (χ4v) is 22.9. The van der Waals surface area contributed by atoms with Gasteiger partial charge in [-0.2, -0.15) is 0 Å². The first-order valence-electron chi connectivity index (χ1n) is 49.0. The van der Waals surface area contributed by atoms with Crippen LogP contribution in [0.15, 0.2) is 359 Å². The van der Waals surface area contributed by atoms with Gasteiger partial charge in [-0.15, -0.1) is 208 Å². The van der Waals surface area contributed by atoms with Gasteiger partial charge in [0.25, 0.3) is 0 Å². The second-order valence-electron chi connectivity index (χ2n) is 42.1. The van der Waals surface area contributed by atoms with E-state index < -0.39 is 24.2 Å². The number of aromatic nitrogens is 6. The fourth-order valence-electron chi connectivity index (χ4n) is 18.1. The van der Waals surface area contributed by atoms with Gasteiger partial charge in [0.15, 0.2) is 0 Å². The van der Waals surface area contributed by atoms with Crippen LogP contribution in [0.25, 0.3) is 123 Å². The average molecular weight is 2420 g/mol. The quantitative estimate of drug-likeness (QED) is 0.0629. The number of benzene rings is 11. The van der Waals surface area contributed by atoms with Gasteiger partial charge in [0.1, 0.15) is 0 Å². The zero-order chi connectivity index (χ0) is 96.7. The van der Waals surface area contributed by atoms with Crippen molar-refractivity contribution in [1.29, 1.82) is 0 Å². The van der Waals surface area contributed by atoms with E-state index in [2.05, 4.69) is 416 Å². The fraction of sp³-hybridized carbons (Fsp3) is 0.250. The molecule has 1 unspecified atom stereocenters. The summed E-state index contributed by atoms with van der Waals surface area (Å²) in [5.41, 5.74) is 33.2. The molecule has 11 aromatic carbocycles. The Balaban J connectivity index is 0.000000160. The number of nitrogens with zero attached hydrogens (tertiary/aromatic N) is 6. The van der Waals surface area contributed by atoms with Crippen molar-refractivity contribution in [1.82, 2.24) is 29.9 Å². The Morgan fingerprint density at radius 1 is 0.293 bits per heavy atom. The van der Waals surface area contributed by atoms with Crippen LogP contribution in [-0.4, -0.2) is 54.1 Å². The maximum Gasteiger partial charge on any atom is 0.0799 e. The van der Waals surface area contributed by atoms with Crippen molar-refractivity contribution in [3.05, 3.63) is 428 Å². The Bertz CT molecular complexity index is 6650. The van der Waals surface area contributed by atoms with Crippen LogP contribution in [0, 0.1) is 61.1 Å². The van der Waals surface area contributed by atoms with Gasteiger partial charge in [-0.1, -0.05) is 366 Å². The van der Waals surface area contributed by atoms with Gasteiger partial charge in [0.05, 0.1) is 24.2 Å². The van der Waals surface area contributed by atoms with E-state index in [1.807, 2.05) is 116 Å². The molecule has 2 saturated carbocycles. The van der Waals surface area contributed by atoms with Crippen molar-refractivity contribution >= 4 is 39.8 Å². The number of hydrogen-bond acceptors (Lipinski definition) is 6. The van der Waals surface area contributed by atoms with Crippen LogP contribution in [0.2, 0.25) is 58.9 Å². The van der Waals surface area contributed by atoms with Crippen LogP contribution in [0.3, 0.4) is 0 Å². The van der Waals surface area contributed by atoms with Crippen molar-refractivity contribution in [2.75, 3.05) is 0 Å². The molecular weight excluding hydrogens is 2280 g/mol. The molecule has 19 rings (SSSR count). The van der Waals surface area contributed by atoms with E-state index in [9.17, 15) is 0 Å². The Morgan fingerprint density at radius 3 is 1.07 bits per heavy atom. The third kappa shape index (κ3) is 31.0. The summed E-state index contributed by atoms with van der Waals surface area (Å²) >= 11 is 0.